The number of hydrogen-bond donors (Lipinski definition) is 1. The van der Waals surface area contributed by atoms with E-state index in [0.717, 1.165) is 24.2 Å². The number of hydrogen-bond acceptors (Lipinski definition) is 2. The van der Waals surface area contributed by atoms with Gasteiger partial charge in [0.1, 0.15) is 5.75 Å². The van der Waals surface area contributed by atoms with Crippen LogP contribution in [0.5, 0.6) is 5.75 Å². The molecule has 2 nitrogen and oxygen atoms in total. The van der Waals surface area contributed by atoms with Crippen LogP contribution in [-0.2, 0) is 0 Å². The summed E-state index contributed by atoms with van der Waals surface area (Å²) in [6.07, 6.45) is 2.09. The molecule has 1 unspecified atom stereocenters. The summed E-state index contributed by atoms with van der Waals surface area (Å²) < 4.78 is 5.29. The third-order valence-electron chi connectivity index (χ3n) is 2.65. The molecule has 0 aliphatic rings. The summed E-state index contributed by atoms with van der Waals surface area (Å²) in [6.45, 7) is 4.40. The van der Waals surface area contributed by atoms with Crippen molar-refractivity contribution in [3.05, 3.63) is 28.8 Å². The number of ether oxygens (including phenoxy) is 1. The summed E-state index contributed by atoms with van der Waals surface area (Å²) in [6, 6.07) is 5.64. The number of halogens is 1. The van der Waals surface area contributed by atoms with E-state index in [1.54, 1.807) is 7.11 Å². The molecular formula is C13H20ClNO. The lowest BCUT2D eigenvalue weighted by molar-refractivity contribution is 0.401. The van der Waals surface area contributed by atoms with Gasteiger partial charge in [0.05, 0.1) is 7.11 Å². The Morgan fingerprint density at radius 2 is 2.00 bits per heavy atom. The highest BCUT2D eigenvalue weighted by Gasteiger charge is 2.12. The van der Waals surface area contributed by atoms with Crippen LogP contribution in [0.25, 0.3) is 0 Å². The lowest BCUT2D eigenvalue weighted by Crippen LogP contribution is -2.12. The molecular weight excluding hydrogens is 222 g/mol. The Labute approximate surface area is 103 Å². The highest BCUT2D eigenvalue weighted by Crippen LogP contribution is 2.29. The summed E-state index contributed by atoms with van der Waals surface area (Å²) in [5.74, 6) is 1.45. The fourth-order valence-electron chi connectivity index (χ4n) is 1.66. The second-order valence-corrected chi connectivity index (χ2v) is 4.90. The van der Waals surface area contributed by atoms with Gasteiger partial charge in [0.2, 0.25) is 0 Å². The first-order chi connectivity index (χ1) is 7.54. The van der Waals surface area contributed by atoms with Crippen LogP contribution in [0.1, 0.15) is 38.3 Å². The van der Waals surface area contributed by atoms with Gasteiger partial charge < -0.3 is 10.5 Å². The van der Waals surface area contributed by atoms with E-state index in [1.165, 1.54) is 0 Å². The first kappa shape index (κ1) is 13.3. The molecule has 0 aromatic heterocycles. The zero-order valence-corrected chi connectivity index (χ0v) is 10.9. The van der Waals surface area contributed by atoms with Crippen molar-refractivity contribution in [1.82, 2.24) is 0 Å². The predicted octanol–water partition coefficient (Wildman–Crippen LogP) is 3.78. The molecule has 1 rings (SSSR count). The molecule has 90 valence electrons. The molecule has 0 aliphatic carbocycles. The molecule has 0 radical (unpaired) electrons. The van der Waals surface area contributed by atoms with Crippen LogP contribution in [0.15, 0.2) is 18.2 Å². The van der Waals surface area contributed by atoms with E-state index in [4.69, 9.17) is 22.1 Å². The molecule has 1 aromatic carbocycles. The van der Waals surface area contributed by atoms with Crippen molar-refractivity contribution in [2.24, 2.45) is 11.7 Å². The molecule has 0 saturated carbocycles. The maximum absolute atomic E-state index is 6.15. The SMILES string of the molecule is COc1cc(Cl)ccc1C(N)CCC(C)C. The summed E-state index contributed by atoms with van der Waals surface area (Å²) in [5, 5.41) is 0.677. The maximum Gasteiger partial charge on any atom is 0.125 e. The van der Waals surface area contributed by atoms with Gasteiger partial charge in [-0.1, -0.05) is 31.5 Å². The normalized spacial score (nSPS) is 12.9. The summed E-state index contributed by atoms with van der Waals surface area (Å²) in [5.41, 5.74) is 7.18. The molecule has 0 amide bonds. The van der Waals surface area contributed by atoms with Crippen LogP contribution < -0.4 is 10.5 Å². The Morgan fingerprint density at radius 3 is 2.56 bits per heavy atom. The van der Waals surface area contributed by atoms with Crippen LogP contribution in [0.4, 0.5) is 0 Å². The smallest absolute Gasteiger partial charge is 0.125 e. The lowest BCUT2D eigenvalue weighted by atomic mass is 9.98. The van der Waals surface area contributed by atoms with Gasteiger partial charge in [0.25, 0.3) is 0 Å². The van der Waals surface area contributed by atoms with Gasteiger partial charge in [-0.3, -0.25) is 0 Å². The van der Waals surface area contributed by atoms with Crippen molar-refractivity contribution in [3.8, 4) is 5.75 Å². The predicted molar refractivity (Wildman–Crippen MR) is 69.0 cm³/mol. The van der Waals surface area contributed by atoms with E-state index in [1.807, 2.05) is 18.2 Å². The summed E-state index contributed by atoms with van der Waals surface area (Å²) >= 11 is 5.91. The van der Waals surface area contributed by atoms with Crippen molar-refractivity contribution in [2.45, 2.75) is 32.7 Å². The van der Waals surface area contributed by atoms with E-state index in [-0.39, 0.29) is 6.04 Å². The Kier molecular flexibility index (Phi) is 5.10. The second kappa shape index (κ2) is 6.12. The minimum absolute atomic E-state index is 0.0228. The molecule has 0 heterocycles. The molecule has 3 heteroatoms. The average Bonchev–Trinajstić information content (AvgIpc) is 2.25. The first-order valence-corrected chi connectivity index (χ1v) is 6.01. The highest BCUT2D eigenvalue weighted by atomic mass is 35.5. The lowest BCUT2D eigenvalue weighted by Gasteiger charge is -2.16. The fourth-order valence-corrected chi connectivity index (χ4v) is 1.82. The first-order valence-electron chi connectivity index (χ1n) is 5.63. The van der Waals surface area contributed by atoms with Crippen molar-refractivity contribution >= 4 is 11.6 Å². The second-order valence-electron chi connectivity index (χ2n) is 4.46. The summed E-state index contributed by atoms with van der Waals surface area (Å²) in [7, 11) is 1.64. The quantitative estimate of drug-likeness (QED) is 0.852. The Bertz CT molecular complexity index is 339. The minimum atomic E-state index is 0.0228. The zero-order chi connectivity index (χ0) is 12.1. The summed E-state index contributed by atoms with van der Waals surface area (Å²) in [4.78, 5) is 0. The number of nitrogens with two attached hydrogens (primary N) is 1. The van der Waals surface area contributed by atoms with Crippen molar-refractivity contribution < 1.29 is 4.74 Å². The average molecular weight is 242 g/mol. The third-order valence-corrected chi connectivity index (χ3v) is 2.89. The Morgan fingerprint density at radius 1 is 1.31 bits per heavy atom. The van der Waals surface area contributed by atoms with Crippen molar-refractivity contribution in [3.63, 3.8) is 0 Å². The van der Waals surface area contributed by atoms with Gasteiger partial charge in [0, 0.05) is 16.6 Å². The number of rotatable bonds is 5. The Hall–Kier alpha value is -0.730. The van der Waals surface area contributed by atoms with Gasteiger partial charge >= 0.3 is 0 Å². The van der Waals surface area contributed by atoms with E-state index < -0.39 is 0 Å². The standard InChI is InChI=1S/C13H20ClNO/c1-9(2)4-7-12(15)11-6-5-10(14)8-13(11)16-3/h5-6,8-9,12H,4,7,15H2,1-3H3. The molecule has 1 atom stereocenters. The third kappa shape index (κ3) is 3.69. The molecule has 0 aliphatic heterocycles. The molecule has 0 saturated heterocycles. The van der Waals surface area contributed by atoms with E-state index in [0.29, 0.717) is 10.9 Å². The molecule has 0 fully saturated rings. The fraction of sp³-hybridized carbons (Fsp3) is 0.538. The topological polar surface area (TPSA) is 35.2 Å². The zero-order valence-electron chi connectivity index (χ0n) is 10.2. The molecule has 0 bridgehead atoms. The van der Waals surface area contributed by atoms with Crippen LogP contribution >= 0.6 is 11.6 Å². The van der Waals surface area contributed by atoms with E-state index in [2.05, 4.69) is 13.8 Å². The molecule has 16 heavy (non-hydrogen) atoms. The Balaban J connectivity index is 2.77. The van der Waals surface area contributed by atoms with Crippen LogP contribution in [-0.4, -0.2) is 7.11 Å². The molecule has 0 spiro atoms. The van der Waals surface area contributed by atoms with Gasteiger partial charge in [-0.2, -0.15) is 0 Å². The molecule has 1 aromatic rings. The van der Waals surface area contributed by atoms with E-state index in [9.17, 15) is 0 Å². The number of benzene rings is 1. The highest BCUT2D eigenvalue weighted by molar-refractivity contribution is 6.30. The van der Waals surface area contributed by atoms with Gasteiger partial charge in [-0.15, -0.1) is 0 Å². The van der Waals surface area contributed by atoms with Gasteiger partial charge in [-0.25, -0.2) is 0 Å². The largest absolute Gasteiger partial charge is 0.496 e. The maximum atomic E-state index is 6.15. The monoisotopic (exact) mass is 241 g/mol. The van der Waals surface area contributed by atoms with Crippen LogP contribution in [0.3, 0.4) is 0 Å². The van der Waals surface area contributed by atoms with Crippen LogP contribution in [0, 0.1) is 5.92 Å². The number of methoxy groups -OCH3 is 1. The van der Waals surface area contributed by atoms with Crippen molar-refractivity contribution in [1.29, 1.82) is 0 Å². The molecule has 2 N–H and O–H groups in total. The minimum Gasteiger partial charge on any atom is -0.496 e. The van der Waals surface area contributed by atoms with Gasteiger partial charge in [0.15, 0.2) is 0 Å². The van der Waals surface area contributed by atoms with Gasteiger partial charge in [-0.05, 0) is 30.9 Å². The van der Waals surface area contributed by atoms with Crippen LogP contribution in [0.2, 0.25) is 5.02 Å². The van der Waals surface area contributed by atoms with Crippen molar-refractivity contribution in [2.75, 3.05) is 7.11 Å². The van der Waals surface area contributed by atoms with E-state index >= 15 is 0 Å².